The zero-order chi connectivity index (χ0) is 13.1. The summed E-state index contributed by atoms with van der Waals surface area (Å²) in [6, 6.07) is 11.4. The van der Waals surface area contributed by atoms with Crippen molar-refractivity contribution in [3.8, 4) is 0 Å². The summed E-state index contributed by atoms with van der Waals surface area (Å²) in [7, 11) is 0. The molecule has 1 atom stereocenters. The summed E-state index contributed by atoms with van der Waals surface area (Å²) in [4.78, 5) is 0. The quantitative estimate of drug-likeness (QED) is 0.889. The maximum Gasteiger partial charge on any atom is 0.129 e. The Hall–Kier alpha value is -1.09. The molecular weight excluding hydrogens is 272 g/mol. The third-order valence-electron chi connectivity index (χ3n) is 2.77. The molecule has 4 heteroatoms. The molecule has 2 rings (SSSR count). The van der Waals surface area contributed by atoms with Crippen molar-refractivity contribution in [2.75, 3.05) is 0 Å². The Bertz CT molecular complexity index is 537. The van der Waals surface area contributed by atoms with Crippen molar-refractivity contribution in [1.29, 1.82) is 0 Å². The maximum absolute atomic E-state index is 13.7. The fraction of sp³-hybridized carbons (Fsp3) is 0.143. The zero-order valence-corrected chi connectivity index (χ0v) is 11.0. The lowest BCUT2D eigenvalue weighted by Crippen LogP contribution is -2.15. The first kappa shape index (κ1) is 13.3. The lowest BCUT2D eigenvalue weighted by Gasteiger charge is -2.15. The largest absolute Gasteiger partial charge is 0.324 e. The van der Waals surface area contributed by atoms with Crippen LogP contribution in [-0.4, -0.2) is 0 Å². The Kier molecular flexibility index (Phi) is 4.23. The van der Waals surface area contributed by atoms with Crippen LogP contribution in [0.2, 0.25) is 10.0 Å². The highest BCUT2D eigenvalue weighted by Gasteiger charge is 2.16. The fourth-order valence-corrected chi connectivity index (χ4v) is 2.38. The van der Waals surface area contributed by atoms with Crippen LogP contribution in [0.3, 0.4) is 0 Å². The Morgan fingerprint density at radius 3 is 2.33 bits per heavy atom. The van der Waals surface area contributed by atoms with Crippen molar-refractivity contribution >= 4 is 23.2 Å². The minimum Gasteiger partial charge on any atom is -0.324 e. The third-order valence-corrected chi connectivity index (χ3v) is 3.47. The molecule has 1 unspecified atom stereocenters. The summed E-state index contributed by atoms with van der Waals surface area (Å²) in [5, 5.41) is 0.968. The molecule has 0 aliphatic heterocycles. The van der Waals surface area contributed by atoms with E-state index in [0.717, 1.165) is 5.56 Å². The zero-order valence-electron chi connectivity index (χ0n) is 9.54. The average Bonchev–Trinajstić information content (AvgIpc) is 2.32. The van der Waals surface area contributed by atoms with Gasteiger partial charge in [0, 0.05) is 21.7 Å². The van der Waals surface area contributed by atoms with Gasteiger partial charge in [-0.3, -0.25) is 0 Å². The molecule has 1 nitrogen and oxygen atoms in total. The van der Waals surface area contributed by atoms with Gasteiger partial charge >= 0.3 is 0 Å². The first-order valence-corrected chi connectivity index (χ1v) is 6.28. The minimum atomic E-state index is -0.515. The van der Waals surface area contributed by atoms with E-state index in [1.54, 1.807) is 18.2 Å². The normalized spacial score (nSPS) is 12.4. The second-order valence-electron chi connectivity index (χ2n) is 4.04. The van der Waals surface area contributed by atoms with E-state index < -0.39 is 6.04 Å². The van der Waals surface area contributed by atoms with Gasteiger partial charge in [0.2, 0.25) is 0 Å². The summed E-state index contributed by atoms with van der Waals surface area (Å²) in [5.74, 6) is -0.387. The van der Waals surface area contributed by atoms with E-state index in [9.17, 15) is 4.39 Å². The van der Waals surface area contributed by atoms with Crippen LogP contribution in [0.25, 0.3) is 0 Å². The van der Waals surface area contributed by atoms with E-state index in [1.807, 2.05) is 18.2 Å². The summed E-state index contributed by atoms with van der Waals surface area (Å²) in [5.41, 5.74) is 7.23. The molecule has 0 fully saturated rings. The highest BCUT2D eigenvalue weighted by atomic mass is 35.5. The van der Waals surface area contributed by atoms with Crippen LogP contribution < -0.4 is 5.73 Å². The van der Waals surface area contributed by atoms with Crippen LogP contribution in [0.5, 0.6) is 0 Å². The molecule has 0 amide bonds. The van der Waals surface area contributed by atoms with Crippen LogP contribution in [0.15, 0.2) is 42.5 Å². The van der Waals surface area contributed by atoms with Gasteiger partial charge in [0.15, 0.2) is 0 Å². The molecule has 2 aromatic carbocycles. The Morgan fingerprint density at radius 1 is 1.00 bits per heavy atom. The number of nitrogens with two attached hydrogens (primary N) is 1. The van der Waals surface area contributed by atoms with Crippen LogP contribution in [-0.2, 0) is 6.42 Å². The monoisotopic (exact) mass is 283 g/mol. The molecule has 0 heterocycles. The van der Waals surface area contributed by atoms with Gasteiger partial charge in [0.25, 0.3) is 0 Å². The molecule has 18 heavy (non-hydrogen) atoms. The molecule has 0 aliphatic rings. The molecule has 0 saturated carbocycles. The van der Waals surface area contributed by atoms with Gasteiger partial charge in [-0.2, -0.15) is 0 Å². The maximum atomic E-state index is 13.7. The predicted octanol–water partition coefficient (Wildman–Crippen LogP) is 4.38. The first-order chi connectivity index (χ1) is 8.59. The number of hydrogen-bond donors (Lipinski definition) is 1. The lowest BCUT2D eigenvalue weighted by molar-refractivity contribution is 0.580. The van der Waals surface area contributed by atoms with Crippen molar-refractivity contribution in [1.82, 2.24) is 0 Å². The summed E-state index contributed by atoms with van der Waals surface area (Å²) in [6.45, 7) is 0. The van der Waals surface area contributed by atoms with Crippen molar-refractivity contribution in [2.45, 2.75) is 12.5 Å². The number of benzene rings is 2. The van der Waals surface area contributed by atoms with Crippen LogP contribution in [0.1, 0.15) is 17.2 Å². The van der Waals surface area contributed by atoms with Crippen LogP contribution >= 0.6 is 23.2 Å². The molecule has 0 aromatic heterocycles. The van der Waals surface area contributed by atoms with E-state index in [1.165, 1.54) is 6.07 Å². The van der Waals surface area contributed by atoms with Gasteiger partial charge < -0.3 is 5.73 Å². The summed E-state index contributed by atoms with van der Waals surface area (Å²) < 4.78 is 13.7. The smallest absolute Gasteiger partial charge is 0.129 e. The molecule has 0 bridgehead atoms. The molecule has 2 aromatic rings. The second kappa shape index (κ2) is 5.70. The minimum absolute atomic E-state index is 0.332. The molecule has 0 saturated heterocycles. The molecule has 0 radical (unpaired) electrons. The molecular formula is C14H12Cl2FN. The SMILES string of the molecule is NC(Cc1ccccc1Cl)c1c(F)cccc1Cl. The van der Waals surface area contributed by atoms with E-state index >= 15 is 0 Å². The van der Waals surface area contributed by atoms with E-state index in [0.29, 0.717) is 22.0 Å². The Balaban J connectivity index is 2.28. The predicted molar refractivity (Wildman–Crippen MR) is 73.5 cm³/mol. The van der Waals surface area contributed by atoms with Crippen molar-refractivity contribution < 1.29 is 4.39 Å². The molecule has 2 N–H and O–H groups in total. The van der Waals surface area contributed by atoms with Crippen molar-refractivity contribution in [3.63, 3.8) is 0 Å². The van der Waals surface area contributed by atoms with Crippen molar-refractivity contribution in [3.05, 3.63) is 69.5 Å². The van der Waals surface area contributed by atoms with Gasteiger partial charge in [-0.1, -0.05) is 47.5 Å². The fourth-order valence-electron chi connectivity index (χ4n) is 1.87. The number of rotatable bonds is 3. The molecule has 0 spiro atoms. The van der Waals surface area contributed by atoms with E-state index in [2.05, 4.69) is 0 Å². The van der Waals surface area contributed by atoms with Crippen LogP contribution in [0.4, 0.5) is 4.39 Å². The topological polar surface area (TPSA) is 26.0 Å². The summed E-state index contributed by atoms with van der Waals surface area (Å²) >= 11 is 12.0. The van der Waals surface area contributed by atoms with Gasteiger partial charge in [-0.05, 0) is 30.2 Å². The van der Waals surface area contributed by atoms with Crippen molar-refractivity contribution in [2.24, 2.45) is 5.73 Å². The second-order valence-corrected chi connectivity index (χ2v) is 4.85. The Labute approximate surface area is 115 Å². The van der Waals surface area contributed by atoms with Gasteiger partial charge in [0.05, 0.1) is 0 Å². The van der Waals surface area contributed by atoms with Gasteiger partial charge in [0.1, 0.15) is 5.82 Å². The van der Waals surface area contributed by atoms with Crippen LogP contribution in [0, 0.1) is 5.82 Å². The molecule has 0 aliphatic carbocycles. The lowest BCUT2D eigenvalue weighted by atomic mass is 9.99. The van der Waals surface area contributed by atoms with E-state index in [4.69, 9.17) is 28.9 Å². The summed E-state index contributed by atoms with van der Waals surface area (Å²) in [6.07, 6.45) is 0.445. The van der Waals surface area contributed by atoms with E-state index in [-0.39, 0.29) is 5.82 Å². The third kappa shape index (κ3) is 2.83. The highest BCUT2D eigenvalue weighted by Crippen LogP contribution is 2.28. The highest BCUT2D eigenvalue weighted by molar-refractivity contribution is 6.31. The average molecular weight is 284 g/mol. The number of halogens is 3. The van der Waals surface area contributed by atoms with Gasteiger partial charge in [-0.15, -0.1) is 0 Å². The Morgan fingerprint density at radius 2 is 1.67 bits per heavy atom. The molecule has 94 valence electrons. The van der Waals surface area contributed by atoms with Gasteiger partial charge in [-0.25, -0.2) is 4.39 Å². The number of hydrogen-bond acceptors (Lipinski definition) is 1. The standard InChI is InChI=1S/C14H12Cl2FN/c15-10-5-2-1-4-9(10)8-13(18)14-11(16)6-3-7-12(14)17/h1-7,13H,8,18H2. The first-order valence-electron chi connectivity index (χ1n) is 5.52.